The van der Waals surface area contributed by atoms with Crippen LogP contribution in [0.5, 0.6) is 0 Å². The first-order chi connectivity index (χ1) is 8.12. The maximum Gasteiger partial charge on any atom is 0.0952 e. The second-order valence-electron chi connectivity index (χ2n) is 6.25. The molecular weight excluding hydrogens is 232 g/mol. The highest BCUT2D eigenvalue weighted by atomic mass is 17.2. The fourth-order valence-electron chi connectivity index (χ4n) is 0.827. The summed E-state index contributed by atoms with van der Waals surface area (Å²) in [6, 6.07) is 0. The fourth-order valence-corrected chi connectivity index (χ4v) is 0.827. The second-order valence-corrected chi connectivity index (χ2v) is 6.25. The fraction of sp³-hybridized carbons (Fsp3) is 1.00. The Morgan fingerprint density at radius 1 is 0.611 bits per heavy atom. The zero-order valence-corrected chi connectivity index (χ0v) is 13.0. The van der Waals surface area contributed by atoms with Gasteiger partial charge in [-0.15, -0.1) is 0 Å². The standard InChI is InChI=1S/C8H18O2.C6H14O2/c1-7(2,3)9-10-8(4,5)6;7-5-3-1-2-4-6-8/h1-6H3;7-8H,1-6H2. The van der Waals surface area contributed by atoms with Gasteiger partial charge in [0.1, 0.15) is 0 Å². The molecule has 0 saturated heterocycles. The van der Waals surface area contributed by atoms with E-state index in [2.05, 4.69) is 0 Å². The van der Waals surface area contributed by atoms with Crippen LogP contribution in [0.4, 0.5) is 0 Å². The molecule has 0 unspecified atom stereocenters. The van der Waals surface area contributed by atoms with Gasteiger partial charge in [0, 0.05) is 13.2 Å². The molecule has 0 saturated carbocycles. The van der Waals surface area contributed by atoms with Gasteiger partial charge in [0.25, 0.3) is 0 Å². The van der Waals surface area contributed by atoms with Crippen LogP contribution in [-0.4, -0.2) is 34.6 Å². The summed E-state index contributed by atoms with van der Waals surface area (Å²) in [5.41, 5.74) is -0.430. The predicted octanol–water partition coefficient (Wildman–Crippen LogP) is 3.06. The lowest BCUT2D eigenvalue weighted by Crippen LogP contribution is -2.27. The van der Waals surface area contributed by atoms with E-state index in [1.807, 2.05) is 41.5 Å². The van der Waals surface area contributed by atoms with Crippen molar-refractivity contribution in [3.8, 4) is 0 Å². The number of aliphatic hydroxyl groups excluding tert-OH is 2. The van der Waals surface area contributed by atoms with Gasteiger partial charge in [-0.3, -0.25) is 0 Å². The van der Waals surface area contributed by atoms with E-state index >= 15 is 0 Å². The summed E-state index contributed by atoms with van der Waals surface area (Å²) < 4.78 is 0. The summed E-state index contributed by atoms with van der Waals surface area (Å²) in [7, 11) is 0. The number of unbranched alkanes of at least 4 members (excludes halogenated alkanes) is 3. The summed E-state index contributed by atoms with van der Waals surface area (Å²) >= 11 is 0. The first-order valence-electron chi connectivity index (χ1n) is 6.71. The smallest absolute Gasteiger partial charge is 0.0952 e. The third-order valence-electron chi connectivity index (χ3n) is 1.61. The Bertz CT molecular complexity index is 148. The first-order valence-corrected chi connectivity index (χ1v) is 6.71. The summed E-state index contributed by atoms with van der Waals surface area (Å²) in [6.45, 7) is 12.3. The largest absolute Gasteiger partial charge is 0.396 e. The monoisotopic (exact) mass is 264 g/mol. The third kappa shape index (κ3) is 24.9. The van der Waals surface area contributed by atoms with E-state index < -0.39 is 0 Å². The van der Waals surface area contributed by atoms with Crippen molar-refractivity contribution in [1.82, 2.24) is 0 Å². The first kappa shape index (κ1) is 20.2. The topological polar surface area (TPSA) is 58.9 Å². The number of aliphatic hydroxyl groups is 2. The van der Waals surface area contributed by atoms with E-state index in [1.54, 1.807) is 0 Å². The maximum absolute atomic E-state index is 8.30. The van der Waals surface area contributed by atoms with Gasteiger partial charge in [-0.1, -0.05) is 12.8 Å². The average Bonchev–Trinajstić information content (AvgIpc) is 2.21. The summed E-state index contributed by atoms with van der Waals surface area (Å²) in [6.07, 6.45) is 3.83. The van der Waals surface area contributed by atoms with Crippen LogP contribution in [0, 0.1) is 0 Å². The summed E-state index contributed by atoms with van der Waals surface area (Å²) in [5.74, 6) is 0. The van der Waals surface area contributed by atoms with Gasteiger partial charge in [0.15, 0.2) is 0 Å². The van der Waals surface area contributed by atoms with E-state index in [0.29, 0.717) is 0 Å². The van der Waals surface area contributed by atoms with Crippen LogP contribution < -0.4 is 0 Å². The van der Waals surface area contributed by atoms with E-state index in [-0.39, 0.29) is 24.4 Å². The predicted molar refractivity (Wildman–Crippen MR) is 74.3 cm³/mol. The number of hydrogen-bond acceptors (Lipinski definition) is 4. The van der Waals surface area contributed by atoms with Crippen LogP contribution in [-0.2, 0) is 9.78 Å². The van der Waals surface area contributed by atoms with Gasteiger partial charge < -0.3 is 10.2 Å². The minimum atomic E-state index is -0.215. The molecule has 4 heteroatoms. The van der Waals surface area contributed by atoms with Crippen molar-refractivity contribution in [3.63, 3.8) is 0 Å². The molecule has 0 aliphatic heterocycles. The lowest BCUT2D eigenvalue weighted by Gasteiger charge is -2.24. The highest BCUT2D eigenvalue weighted by Crippen LogP contribution is 2.14. The van der Waals surface area contributed by atoms with Crippen molar-refractivity contribution in [2.24, 2.45) is 0 Å². The molecule has 0 aliphatic carbocycles. The van der Waals surface area contributed by atoms with Crippen molar-refractivity contribution >= 4 is 0 Å². The highest BCUT2D eigenvalue weighted by molar-refractivity contribution is 4.58. The quantitative estimate of drug-likeness (QED) is 0.440. The van der Waals surface area contributed by atoms with Crippen molar-refractivity contribution in [2.45, 2.75) is 78.4 Å². The molecule has 0 aromatic rings. The highest BCUT2D eigenvalue weighted by Gasteiger charge is 2.18. The zero-order chi connectivity index (χ0) is 14.7. The van der Waals surface area contributed by atoms with Crippen molar-refractivity contribution in [3.05, 3.63) is 0 Å². The van der Waals surface area contributed by atoms with Gasteiger partial charge in [-0.2, -0.15) is 0 Å². The Labute approximate surface area is 112 Å². The molecule has 0 fully saturated rings. The Morgan fingerprint density at radius 3 is 1.06 bits per heavy atom. The molecule has 4 nitrogen and oxygen atoms in total. The lowest BCUT2D eigenvalue weighted by atomic mass is 10.2. The summed E-state index contributed by atoms with van der Waals surface area (Å²) in [4.78, 5) is 10.2. The number of hydrogen-bond donors (Lipinski definition) is 2. The van der Waals surface area contributed by atoms with Crippen molar-refractivity contribution in [1.29, 1.82) is 0 Å². The normalized spacial score (nSPS) is 12.0. The van der Waals surface area contributed by atoms with Crippen LogP contribution in [0.15, 0.2) is 0 Å². The minimum Gasteiger partial charge on any atom is -0.396 e. The Morgan fingerprint density at radius 2 is 0.889 bits per heavy atom. The lowest BCUT2D eigenvalue weighted by molar-refractivity contribution is -0.393. The van der Waals surface area contributed by atoms with E-state index in [9.17, 15) is 0 Å². The molecule has 112 valence electrons. The molecule has 0 heterocycles. The van der Waals surface area contributed by atoms with Crippen LogP contribution in [0.1, 0.15) is 67.2 Å². The Hall–Kier alpha value is -0.160. The number of rotatable bonds is 6. The van der Waals surface area contributed by atoms with Gasteiger partial charge in [-0.25, -0.2) is 9.78 Å². The van der Waals surface area contributed by atoms with Crippen molar-refractivity contribution in [2.75, 3.05) is 13.2 Å². The molecule has 0 rings (SSSR count). The molecule has 0 aliphatic rings. The minimum absolute atomic E-state index is 0.215. The van der Waals surface area contributed by atoms with Crippen LogP contribution >= 0.6 is 0 Å². The van der Waals surface area contributed by atoms with E-state index in [1.165, 1.54) is 0 Å². The molecule has 0 spiro atoms. The zero-order valence-electron chi connectivity index (χ0n) is 13.0. The molecular formula is C14H32O4. The Kier molecular flexibility index (Phi) is 12.0. The van der Waals surface area contributed by atoms with Gasteiger partial charge in [0.2, 0.25) is 0 Å². The summed E-state index contributed by atoms with van der Waals surface area (Å²) in [5, 5.41) is 16.6. The molecule has 0 radical (unpaired) electrons. The van der Waals surface area contributed by atoms with Gasteiger partial charge >= 0.3 is 0 Å². The van der Waals surface area contributed by atoms with Crippen LogP contribution in [0.3, 0.4) is 0 Å². The van der Waals surface area contributed by atoms with Gasteiger partial charge in [0.05, 0.1) is 11.2 Å². The Balaban J connectivity index is 0. The van der Waals surface area contributed by atoms with Crippen LogP contribution in [0.2, 0.25) is 0 Å². The molecule has 0 bridgehead atoms. The van der Waals surface area contributed by atoms with Gasteiger partial charge in [-0.05, 0) is 54.4 Å². The SMILES string of the molecule is CC(C)(C)OOC(C)(C)C.OCCCCCCO. The molecule has 0 aromatic heterocycles. The average molecular weight is 264 g/mol. The molecule has 2 N–H and O–H groups in total. The third-order valence-corrected chi connectivity index (χ3v) is 1.61. The molecule has 0 atom stereocenters. The molecule has 0 aromatic carbocycles. The maximum atomic E-state index is 8.30. The molecule has 18 heavy (non-hydrogen) atoms. The van der Waals surface area contributed by atoms with E-state index in [0.717, 1.165) is 25.7 Å². The van der Waals surface area contributed by atoms with E-state index in [4.69, 9.17) is 20.0 Å². The molecule has 0 amide bonds. The van der Waals surface area contributed by atoms with Crippen LogP contribution in [0.25, 0.3) is 0 Å². The van der Waals surface area contributed by atoms with Crippen molar-refractivity contribution < 1.29 is 20.0 Å². The second kappa shape index (κ2) is 10.7.